The number of hydrogen-bond donors (Lipinski definition) is 1. The number of aromatic nitrogens is 1. The van der Waals surface area contributed by atoms with E-state index in [4.69, 9.17) is 9.57 Å². The standard InChI is InChI=1S/C22H26FN5O4/c1-16(29)25-13-19-15-28(22(30)32-19)18-4-5-21(20(23)11-18)26-7-8-27(31-10-9-26)14-17-3-2-6-24-12-17/h2-6,11-12,19H,7-10,13-15H2,1H3,(H,25,29)/t19-/m0/s1. The molecule has 10 heteroatoms. The molecule has 1 aromatic heterocycles. The summed E-state index contributed by atoms with van der Waals surface area (Å²) in [6.07, 6.45) is 2.50. The third-order valence-electron chi connectivity index (χ3n) is 5.37. The molecule has 0 unspecified atom stereocenters. The summed E-state index contributed by atoms with van der Waals surface area (Å²) in [5, 5.41) is 4.49. The lowest BCUT2D eigenvalue weighted by atomic mass is 10.2. The van der Waals surface area contributed by atoms with Crippen LogP contribution in [-0.2, 0) is 20.9 Å². The first-order valence-corrected chi connectivity index (χ1v) is 10.5. The van der Waals surface area contributed by atoms with Crippen LogP contribution in [0.3, 0.4) is 0 Å². The summed E-state index contributed by atoms with van der Waals surface area (Å²) in [6, 6.07) is 8.60. The Kier molecular flexibility index (Phi) is 6.81. The van der Waals surface area contributed by atoms with Gasteiger partial charge in [-0.3, -0.25) is 19.5 Å². The van der Waals surface area contributed by atoms with E-state index in [0.29, 0.717) is 44.2 Å². The fourth-order valence-corrected chi connectivity index (χ4v) is 3.77. The van der Waals surface area contributed by atoms with Gasteiger partial charge in [-0.15, -0.1) is 0 Å². The Morgan fingerprint density at radius 1 is 1.28 bits per heavy atom. The summed E-state index contributed by atoms with van der Waals surface area (Å²) < 4.78 is 20.3. The van der Waals surface area contributed by atoms with Crippen molar-refractivity contribution in [2.24, 2.45) is 0 Å². The Labute approximate surface area is 185 Å². The van der Waals surface area contributed by atoms with E-state index in [1.807, 2.05) is 22.1 Å². The van der Waals surface area contributed by atoms with Crippen molar-refractivity contribution in [1.82, 2.24) is 15.4 Å². The summed E-state index contributed by atoms with van der Waals surface area (Å²) in [4.78, 5) is 36.5. The van der Waals surface area contributed by atoms with Gasteiger partial charge in [-0.2, -0.15) is 5.06 Å². The fraction of sp³-hybridized carbons (Fsp3) is 0.409. The number of benzene rings is 1. The van der Waals surface area contributed by atoms with Gasteiger partial charge in [0, 0.05) is 39.0 Å². The third kappa shape index (κ3) is 5.32. The van der Waals surface area contributed by atoms with E-state index >= 15 is 4.39 Å². The van der Waals surface area contributed by atoms with Crippen LogP contribution in [0.4, 0.5) is 20.6 Å². The molecule has 0 spiro atoms. The lowest BCUT2D eigenvalue weighted by molar-refractivity contribution is -0.154. The summed E-state index contributed by atoms with van der Waals surface area (Å²) in [5.74, 6) is -0.614. The number of ether oxygens (including phenoxy) is 1. The van der Waals surface area contributed by atoms with Gasteiger partial charge in [0.2, 0.25) is 5.91 Å². The molecule has 1 N–H and O–H groups in total. The number of anilines is 2. The second kappa shape index (κ2) is 9.92. The predicted octanol–water partition coefficient (Wildman–Crippen LogP) is 1.94. The van der Waals surface area contributed by atoms with Crippen molar-refractivity contribution in [3.63, 3.8) is 0 Å². The van der Waals surface area contributed by atoms with E-state index in [1.54, 1.807) is 24.5 Å². The summed E-state index contributed by atoms with van der Waals surface area (Å²) in [7, 11) is 0. The first-order valence-electron chi connectivity index (χ1n) is 10.5. The van der Waals surface area contributed by atoms with Crippen molar-refractivity contribution >= 4 is 23.4 Å². The highest BCUT2D eigenvalue weighted by Gasteiger charge is 2.33. The van der Waals surface area contributed by atoms with Crippen molar-refractivity contribution in [2.75, 3.05) is 49.1 Å². The number of nitrogens with one attached hydrogen (secondary N) is 1. The fourth-order valence-electron chi connectivity index (χ4n) is 3.77. The maximum absolute atomic E-state index is 15.0. The summed E-state index contributed by atoms with van der Waals surface area (Å²) in [5.41, 5.74) is 1.93. The van der Waals surface area contributed by atoms with Crippen LogP contribution in [0.15, 0.2) is 42.7 Å². The van der Waals surface area contributed by atoms with E-state index in [0.717, 1.165) is 5.56 Å². The number of carbonyl (C=O) groups excluding carboxylic acids is 2. The number of halogens is 1. The number of cyclic esters (lactones) is 1. The largest absolute Gasteiger partial charge is 0.442 e. The van der Waals surface area contributed by atoms with Crippen LogP contribution < -0.4 is 15.1 Å². The molecule has 2 amide bonds. The second-order valence-corrected chi connectivity index (χ2v) is 7.73. The van der Waals surface area contributed by atoms with E-state index in [-0.39, 0.29) is 19.0 Å². The highest BCUT2D eigenvalue weighted by molar-refractivity contribution is 5.90. The van der Waals surface area contributed by atoms with Gasteiger partial charge >= 0.3 is 6.09 Å². The zero-order valence-corrected chi connectivity index (χ0v) is 17.9. The van der Waals surface area contributed by atoms with Gasteiger partial charge in [-0.25, -0.2) is 9.18 Å². The van der Waals surface area contributed by atoms with E-state index in [9.17, 15) is 9.59 Å². The van der Waals surface area contributed by atoms with Crippen molar-refractivity contribution in [3.8, 4) is 0 Å². The summed E-state index contributed by atoms with van der Waals surface area (Å²) in [6.45, 7) is 4.67. The lowest BCUT2D eigenvalue weighted by Crippen LogP contribution is -2.33. The summed E-state index contributed by atoms with van der Waals surface area (Å²) >= 11 is 0. The molecule has 2 aliphatic rings. The molecule has 9 nitrogen and oxygen atoms in total. The molecule has 0 aliphatic carbocycles. The third-order valence-corrected chi connectivity index (χ3v) is 5.37. The molecule has 4 rings (SSSR count). The Bertz CT molecular complexity index is 961. The molecule has 0 radical (unpaired) electrons. The highest BCUT2D eigenvalue weighted by Crippen LogP contribution is 2.28. The lowest BCUT2D eigenvalue weighted by Gasteiger charge is -2.24. The number of pyridine rings is 1. The molecular formula is C22H26FN5O4. The molecule has 2 aliphatic heterocycles. The number of hydroxylamine groups is 2. The van der Waals surface area contributed by atoms with Crippen molar-refractivity contribution < 1.29 is 23.6 Å². The highest BCUT2D eigenvalue weighted by atomic mass is 19.1. The maximum atomic E-state index is 15.0. The minimum atomic E-state index is -0.554. The molecule has 0 saturated carbocycles. The van der Waals surface area contributed by atoms with Gasteiger partial charge in [-0.1, -0.05) is 6.07 Å². The number of nitrogens with zero attached hydrogens (tertiary/aromatic N) is 4. The van der Waals surface area contributed by atoms with Crippen LogP contribution in [0, 0.1) is 5.82 Å². The molecular weight excluding hydrogens is 417 g/mol. The molecule has 170 valence electrons. The monoisotopic (exact) mass is 443 g/mol. The number of hydrogen-bond acceptors (Lipinski definition) is 7. The van der Waals surface area contributed by atoms with E-state index < -0.39 is 18.0 Å². The van der Waals surface area contributed by atoms with Crippen LogP contribution >= 0.6 is 0 Å². The van der Waals surface area contributed by atoms with Gasteiger partial charge in [0.1, 0.15) is 11.9 Å². The Morgan fingerprint density at radius 2 is 2.16 bits per heavy atom. The Morgan fingerprint density at radius 3 is 2.91 bits per heavy atom. The average molecular weight is 443 g/mol. The maximum Gasteiger partial charge on any atom is 0.414 e. The normalized spacial score (nSPS) is 19.6. The van der Waals surface area contributed by atoms with Gasteiger partial charge < -0.3 is 15.0 Å². The topological polar surface area (TPSA) is 87.2 Å². The van der Waals surface area contributed by atoms with Crippen LogP contribution in [-0.4, -0.2) is 67.5 Å². The molecule has 2 saturated heterocycles. The van der Waals surface area contributed by atoms with Crippen molar-refractivity contribution in [2.45, 2.75) is 19.6 Å². The minimum Gasteiger partial charge on any atom is -0.442 e. The minimum absolute atomic E-state index is 0.199. The van der Waals surface area contributed by atoms with Crippen LogP contribution in [0.25, 0.3) is 0 Å². The second-order valence-electron chi connectivity index (χ2n) is 7.73. The molecule has 2 fully saturated rings. The van der Waals surface area contributed by atoms with Crippen LogP contribution in [0.1, 0.15) is 12.5 Å². The van der Waals surface area contributed by atoms with Gasteiger partial charge in [0.05, 0.1) is 37.6 Å². The smallest absolute Gasteiger partial charge is 0.414 e. The van der Waals surface area contributed by atoms with Gasteiger partial charge in [-0.05, 0) is 29.8 Å². The molecule has 32 heavy (non-hydrogen) atoms. The molecule has 2 aromatic rings. The first kappa shape index (κ1) is 22.0. The predicted molar refractivity (Wildman–Crippen MR) is 116 cm³/mol. The zero-order chi connectivity index (χ0) is 22.5. The number of rotatable bonds is 6. The Hall–Kier alpha value is -3.24. The van der Waals surface area contributed by atoms with Gasteiger partial charge in [0.15, 0.2) is 0 Å². The zero-order valence-electron chi connectivity index (χ0n) is 17.9. The van der Waals surface area contributed by atoms with Crippen LogP contribution in [0.2, 0.25) is 0 Å². The van der Waals surface area contributed by atoms with Gasteiger partial charge in [0.25, 0.3) is 0 Å². The SMILES string of the molecule is CC(=O)NC[C@H]1CN(c2ccc(N3CCON(Cc4cccnc4)CC3)c(F)c2)C(=O)O1. The quantitative estimate of drug-likeness (QED) is 0.730. The van der Waals surface area contributed by atoms with E-state index in [1.165, 1.54) is 17.9 Å². The van der Waals surface area contributed by atoms with E-state index in [2.05, 4.69) is 10.3 Å². The molecule has 3 heterocycles. The average Bonchev–Trinajstić information content (AvgIpc) is 3.00. The molecule has 1 aromatic carbocycles. The number of amides is 2. The van der Waals surface area contributed by atoms with Crippen LogP contribution in [0.5, 0.6) is 0 Å². The molecule has 1 atom stereocenters. The Balaban J connectivity index is 1.38. The molecule has 0 bridgehead atoms. The van der Waals surface area contributed by atoms with Crippen molar-refractivity contribution in [3.05, 3.63) is 54.1 Å². The first-order chi connectivity index (χ1) is 15.5. The van der Waals surface area contributed by atoms with Crippen molar-refractivity contribution in [1.29, 1.82) is 0 Å². The number of carbonyl (C=O) groups is 2.